The van der Waals surface area contributed by atoms with Gasteiger partial charge in [-0.05, 0) is 19.1 Å². The first-order valence-corrected chi connectivity index (χ1v) is 5.23. The molecule has 1 aromatic carbocycles. The number of para-hydroxylation sites is 1. The third kappa shape index (κ3) is 3.62. The zero-order valence-corrected chi connectivity index (χ0v) is 9.24. The molecule has 0 aliphatic rings. The molecular weight excluding hydrogens is 211 g/mol. The molecule has 3 nitrogen and oxygen atoms in total. The summed E-state index contributed by atoms with van der Waals surface area (Å²) in [4.78, 5) is 10.6. The SMILES string of the molecule is CCOCCCOc1c(F)cccc1C=O. The highest BCUT2D eigenvalue weighted by Crippen LogP contribution is 2.21. The number of halogens is 1. The zero-order chi connectivity index (χ0) is 11.8. The number of aldehydes is 1. The number of hydrogen-bond acceptors (Lipinski definition) is 3. The summed E-state index contributed by atoms with van der Waals surface area (Å²) < 4.78 is 23.6. The van der Waals surface area contributed by atoms with E-state index in [1.165, 1.54) is 18.2 Å². The van der Waals surface area contributed by atoms with E-state index in [4.69, 9.17) is 9.47 Å². The van der Waals surface area contributed by atoms with Crippen molar-refractivity contribution < 1.29 is 18.7 Å². The number of carbonyl (C=O) groups excluding carboxylic acids is 1. The van der Waals surface area contributed by atoms with E-state index in [0.29, 0.717) is 32.5 Å². The Labute approximate surface area is 94.2 Å². The van der Waals surface area contributed by atoms with Crippen molar-refractivity contribution in [2.75, 3.05) is 19.8 Å². The van der Waals surface area contributed by atoms with Gasteiger partial charge in [-0.3, -0.25) is 4.79 Å². The summed E-state index contributed by atoms with van der Waals surface area (Å²) in [7, 11) is 0. The summed E-state index contributed by atoms with van der Waals surface area (Å²) in [6, 6.07) is 4.27. The van der Waals surface area contributed by atoms with Crippen LogP contribution in [0.3, 0.4) is 0 Å². The number of carbonyl (C=O) groups is 1. The second-order valence-electron chi connectivity index (χ2n) is 3.17. The first-order chi connectivity index (χ1) is 7.79. The molecule has 0 unspecified atom stereocenters. The molecule has 0 aliphatic carbocycles. The largest absolute Gasteiger partial charge is 0.490 e. The van der Waals surface area contributed by atoms with E-state index in [-0.39, 0.29) is 11.3 Å². The van der Waals surface area contributed by atoms with Crippen LogP contribution in [0.5, 0.6) is 5.75 Å². The van der Waals surface area contributed by atoms with E-state index in [9.17, 15) is 9.18 Å². The maximum Gasteiger partial charge on any atom is 0.165 e. The van der Waals surface area contributed by atoms with E-state index >= 15 is 0 Å². The molecule has 0 aliphatic heterocycles. The first-order valence-electron chi connectivity index (χ1n) is 5.23. The fourth-order valence-electron chi connectivity index (χ4n) is 1.25. The van der Waals surface area contributed by atoms with Crippen LogP contribution in [0.4, 0.5) is 4.39 Å². The predicted molar refractivity (Wildman–Crippen MR) is 58.4 cm³/mol. The van der Waals surface area contributed by atoms with Crippen molar-refractivity contribution in [2.45, 2.75) is 13.3 Å². The molecule has 0 spiro atoms. The normalized spacial score (nSPS) is 10.1. The van der Waals surface area contributed by atoms with Crippen LogP contribution in [0.25, 0.3) is 0 Å². The lowest BCUT2D eigenvalue weighted by molar-refractivity contribution is 0.111. The molecule has 1 rings (SSSR count). The number of rotatable bonds is 7. The quantitative estimate of drug-likeness (QED) is 0.529. The van der Waals surface area contributed by atoms with Gasteiger partial charge < -0.3 is 9.47 Å². The van der Waals surface area contributed by atoms with Gasteiger partial charge in [0, 0.05) is 19.6 Å². The maximum absolute atomic E-state index is 13.3. The van der Waals surface area contributed by atoms with Gasteiger partial charge in [0.2, 0.25) is 0 Å². The maximum atomic E-state index is 13.3. The smallest absolute Gasteiger partial charge is 0.165 e. The van der Waals surface area contributed by atoms with Crippen LogP contribution in [0.15, 0.2) is 18.2 Å². The van der Waals surface area contributed by atoms with Crippen molar-refractivity contribution in [2.24, 2.45) is 0 Å². The van der Waals surface area contributed by atoms with Gasteiger partial charge in [-0.15, -0.1) is 0 Å². The minimum atomic E-state index is -0.513. The van der Waals surface area contributed by atoms with Crippen molar-refractivity contribution in [1.82, 2.24) is 0 Å². The third-order valence-corrected chi connectivity index (χ3v) is 2.01. The number of benzene rings is 1. The standard InChI is InChI=1S/C12H15FO3/c1-2-15-7-4-8-16-12-10(9-14)5-3-6-11(12)13/h3,5-6,9H,2,4,7-8H2,1H3. The third-order valence-electron chi connectivity index (χ3n) is 2.01. The van der Waals surface area contributed by atoms with Gasteiger partial charge in [0.15, 0.2) is 17.9 Å². The second-order valence-corrected chi connectivity index (χ2v) is 3.17. The lowest BCUT2D eigenvalue weighted by Gasteiger charge is -2.09. The number of hydrogen-bond donors (Lipinski definition) is 0. The molecule has 0 saturated carbocycles. The Balaban J connectivity index is 2.49. The highest BCUT2D eigenvalue weighted by Gasteiger charge is 2.08. The second kappa shape index (κ2) is 6.95. The average molecular weight is 226 g/mol. The van der Waals surface area contributed by atoms with Crippen LogP contribution in [0.2, 0.25) is 0 Å². The molecule has 0 saturated heterocycles. The van der Waals surface area contributed by atoms with Crippen molar-refractivity contribution in [3.8, 4) is 5.75 Å². The van der Waals surface area contributed by atoms with Crippen LogP contribution in [-0.2, 0) is 4.74 Å². The molecular formula is C12H15FO3. The minimum absolute atomic E-state index is 0.0222. The highest BCUT2D eigenvalue weighted by molar-refractivity contribution is 5.79. The summed E-state index contributed by atoms with van der Waals surface area (Å²) in [5.41, 5.74) is 0.233. The van der Waals surface area contributed by atoms with Gasteiger partial charge in [0.05, 0.1) is 12.2 Å². The Kier molecular flexibility index (Phi) is 5.50. The highest BCUT2D eigenvalue weighted by atomic mass is 19.1. The van der Waals surface area contributed by atoms with E-state index in [1.807, 2.05) is 6.92 Å². The molecule has 0 radical (unpaired) electrons. The fourth-order valence-corrected chi connectivity index (χ4v) is 1.25. The molecule has 0 aromatic heterocycles. The Morgan fingerprint density at radius 2 is 2.19 bits per heavy atom. The van der Waals surface area contributed by atoms with Crippen molar-refractivity contribution in [1.29, 1.82) is 0 Å². The molecule has 4 heteroatoms. The van der Waals surface area contributed by atoms with Crippen molar-refractivity contribution in [3.05, 3.63) is 29.6 Å². The molecule has 0 atom stereocenters. The Morgan fingerprint density at radius 3 is 2.88 bits per heavy atom. The number of ether oxygens (including phenoxy) is 2. The summed E-state index contributed by atoms with van der Waals surface area (Å²) in [6.45, 7) is 3.46. The molecule has 0 bridgehead atoms. The lowest BCUT2D eigenvalue weighted by Crippen LogP contribution is -2.05. The molecule has 0 fully saturated rings. The average Bonchev–Trinajstić information content (AvgIpc) is 2.30. The van der Waals surface area contributed by atoms with Crippen molar-refractivity contribution >= 4 is 6.29 Å². The van der Waals surface area contributed by atoms with Crippen LogP contribution >= 0.6 is 0 Å². The van der Waals surface area contributed by atoms with Gasteiger partial charge >= 0.3 is 0 Å². The van der Waals surface area contributed by atoms with Gasteiger partial charge in [-0.1, -0.05) is 6.07 Å². The molecule has 0 amide bonds. The lowest BCUT2D eigenvalue weighted by atomic mass is 10.2. The van der Waals surface area contributed by atoms with Gasteiger partial charge in [0.25, 0.3) is 0 Å². The summed E-state index contributed by atoms with van der Waals surface area (Å²) in [6.07, 6.45) is 1.25. The fraction of sp³-hybridized carbons (Fsp3) is 0.417. The van der Waals surface area contributed by atoms with Crippen LogP contribution in [0, 0.1) is 5.82 Å². The van der Waals surface area contributed by atoms with Crippen LogP contribution < -0.4 is 4.74 Å². The topological polar surface area (TPSA) is 35.5 Å². The molecule has 1 aromatic rings. The molecule has 0 heterocycles. The molecule has 88 valence electrons. The van der Waals surface area contributed by atoms with Gasteiger partial charge in [0.1, 0.15) is 0 Å². The van der Waals surface area contributed by atoms with E-state index in [1.54, 1.807) is 0 Å². The monoisotopic (exact) mass is 226 g/mol. The minimum Gasteiger partial charge on any atom is -0.490 e. The zero-order valence-electron chi connectivity index (χ0n) is 9.24. The van der Waals surface area contributed by atoms with E-state index in [0.717, 1.165) is 0 Å². The summed E-state index contributed by atoms with van der Waals surface area (Å²) in [5, 5.41) is 0. The Bertz CT molecular complexity index is 339. The molecule has 16 heavy (non-hydrogen) atoms. The van der Waals surface area contributed by atoms with E-state index < -0.39 is 5.82 Å². The first kappa shape index (κ1) is 12.6. The van der Waals surface area contributed by atoms with Crippen molar-refractivity contribution in [3.63, 3.8) is 0 Å². The molecule has 0 N–H and O–H groups in total. The van der Waals surface area contributed by atoms with Gasteiger partial charge in [-0.2, -0.15) is 0 Å². The van der Waals surface area contributed by atoms with Crippen LogP contribution in [0.1, 0.15) is 23.7 Å². The summed E-state index contributed by atoms with van der Waals surface area (Å²) in [5.74, 6) is -0.491. The van der Waals surface area contributed by atoms with Gasteiger partial charge in [-0.25, -0.2) is 4.39 Å². The Morgan fingerprint density at radius 1 is 1.38 bits per heavy atom. The summed E-state index contributed by atoms with van der Waals surface area (Å²) >= 11 is 0. The Hall–Kier alpha value is -1.42. The van der Waals surface area contributed by atoms with E-state index in [2.05, 4.69) is 0 Å². The van der Waals surface area contributed by atoms with Crippen LogP contribution in [-0.4, -0.2) is 26.1 Å². The predicted octanol–water partition coefficient (Wildman–Crippen LogP) is 2.44.